The highest BCUT2D eigenvalue weighted by molar-refractivity contribution is 6.11. The molecule has 1 amide bonds. The predicted molar refractivity (Wildman–Crippen MR) is 95.3 cm³/mol. The molecule has 0 unspecified atom stereocenters. The van der Waals surface area contributed by atoms with Crippen LogP contribution in [0.4, 0.5) is 10.1 Å². The number of nitrogens with zero attached hydrogens (tertiary/aromatic N) is 1. The van der Waals surface area contributed by atoms with Crippen LogP contribution in [0.15, 0.2) is 72.8 Å². The molecule has 0 bridgehead atoms. The summed E-state index contributed by atoms with van der Waals surface area (Å²) in [6.45, 7) is 0. The van der Waals surface area contributed by atoms with E-state index in [0.29, 0.717) is 0 Å². The number of halogens is 1. The number of hydrogen-bond acceptors (Lipinski definition) is 1. The third kappa shape index (κ3) is 2.05. The van der Waals surface area contributed by atoms with E-state index in [1.165, 1.54) is 6.07 Å². The van der Waals surface area contributed by atoms with Crippen LogP contribution < -0.4 is 4.90 Å². The van der Waals surface area contributed by atoms with Crippen LogP contribution >= 0.6 is 0 Å². The molecule has 25 heavy (non-hydrogen) atoms. The highest BCUT2D eigenvalue weighted by Crippen LogP contribution is 2.51. The number of fused-ring (bicyclic) bond motifs is 5. The molecule has 2 aliphatic rings. The molecule has 0 spiro atoms. The Morgan fingerprint density at radius 3 is 2.48 bits per heavy atom. The number of amides is 1. The Morgan fingerprint density at radius 1 is 0.880 bits per heavy atom. The van der Waals surface area contributed by atoms with Crippen LogP contribution in [0.1, 0.15) is 45.4 Å². The van der Waals surface area contributed by atoms with Crippen LogP contribution in [0.5, 0.6) is 0 Å². The first-order valence-corrected chi connectivity index (χ1v) is 8.51. The van der Waals surface area contributed by atoms with Crippen molar-refractivity contribution in [3.05, 3.63) is 101 Å². The first kappa shape index (κ1) is 14.4. The van der Waals surface area contributed by atoms with Crippen molar-refractivity contribution in [2.75, 3.05) is 4.90 Å². The first-order chi connectivity index (χ1) is 12.2. The van der Waals surface area contributed by atoms with Gasteiger partial charge in [-0.25, -0.2) is 4.39 Å². The molecule has 0 aromatic heterocycles. The summed E-state index contributed by atoms with van der Waals surface area (Å²) >= 11 is 0. The molecule has 0 saturated heterocycles. The van der Waals surface area contributed by atoms with E-state index < -0.39 is 0 Å². The number of carbonyl (C=O) groups is 1. The second kappa shape index (κ2) is 5.28. The third-order valence-electron chi connectivity index (χ3n) is 5.37. The predicted octanol–water partition coefficient (Wildman–Crippen LogP) is 5.06. The molecule has 2 nitrogen and oxygen atoms in total. The Kier molecular flexibility index (Phi) is 3.04. The van der Waals surface area contributed by atoms with Gasteiger partial charge in [-0.15, -0.1) is 0 Å². The van der Waals surface area contributed by atoms with Crippen LogP contribution in [0, 0.1) is 5.82 Å². The van der Waals surface area contributed by atoms with E-state index in [4.69, 9.17) is 0 Å². The van der Waals surface area contributed by atoms with Crippen LogP contribution in [0.2, 0.25) is 0 Å². The quantitative estimate of drug-likeness (QED) is 0.611. The monoisotopic (exact) mass is 329 g/mol. The second-order valence-corrected chi connectivity index (χ2v) is 6.68. The Morgan fingerprint density at radius 2 is 1.64 bits per heavy atom. The smallest absolute Gasteiger partial charge is 0.259 e. The van der Waals surface area contributed by atoms with Gasteiger partial charge in [-0.3, -0.25) is 4.79 Å². The minimum absolute atomic E-state index is 0.00636. The summed E-state index contributed by atoms with van der Waals surface area (Å²) in [5.74, 6) is -0.172. The van der Waals surface area contributed by atoms with E-state index in [2.05, 4.69) is 12.1 Å². The van der Waals surface area contributed by atoms with Crippen LogP contribution in [0.25, 0.3) is 0 Å². The van der Waals surface area contributed by atoms with E-state index in [1.54, 1.807) is 12.1 Å². The van der Waals surface area contributed by atoms with Crippen LogP contribution in [-0.2, 0) is 0 Å². The standard InChI is InChI=1S/C22H16FNO/c23-15-10-11-20-19(12-15)18(14-6-2-1-3-7-14)13-21-16-8-4-5-9-17(16)22(25)24(20)21/h1-12,18,21H,13H2/t18-,21+/m0/s1. The van der Waals surface area contributed by atoms with Gasteiger partial charge in [0, 0.05) is 17.2 Å². The van der Waals surface area contributed by atoms with E-state index in [0.717, 1.165) is 34.4 Å². The fraction of sp³-hybridized carbons (Fsp3) is 0.136. The van der Waals surface area contributed by atoms with Gasteiger partial charge in [0.1, 0.15) is 5.82 Å². The maximum absolute atomic E-state index is 14.0. The van der Waals surface area contributed by atoms with Crippen LogP contribution in [0.3, 0.4) is 0 Å². The SMILES string of the molecule is O=C1c2ccccc2[C@H]2C[C@@H](c3ccccc3)c3cc(F)ccc3N12. The van der Waals surface area contributed by atoms with E-state index in [1.807, 2.05) is 47.4 Å². The Balaban J connectivity index is 1.73. The second-order valence-electron chi connectivity index (χ2n) is 6.68. The fourth-order valence-corrected chi connectivity index (χ4v) is 4.28. The lowest BCUT2D eigenvalue weighted by Crippen LogP contribution is -2.34. The zero-order chi connectivity index (χ0) is 17.0. The molecular weight excluding hydrogens is 313 g/mol. The first-order valence-electron chi connectivity index (χ1n) is 8.51. The number of carbonyl (C=O) groups excluding carboxylic acids is 1. The number of hydrogen-bond donors (Lipinski definition) is 0. The molecule has 3 heteroatoms. The van der Waals surface area contributed by atoms with Gasteiger partial charge in [-0.2, -0.15) is 0 Å². The van der Waals surface area contributed by atoms with Crippen molar-refractivity contribution in [3.63, 3.8) is 0 Å². The molecule has 2 atom stereocenters. The minimum Gasteiger partial charge on any atom is -0.301 e. The van der Waals surface area contributed by atoms with Crippen molar-refractivity contribution >= 4 is 11.6 Å². The van der Waals surface area contributed by atoms with Gasteiger partial charge in [-0.1, -0.05) is 48.5 Å². The van der Waals surface area contributed by atoms with Crippen molar-refractivity contribution in [2.45, 2.75) is 18.4 Å². The average molecular weight is 329 g/mol. The maximum atomic E-state index is 14.0. The summed E-state index contributed by atoms with van der Waals surface area (Å²) in [5.41, 5.74) is 4.71. The molecule has 0 aliphatic carbocycles. The van der Waals surface area contributed by atoms with E-state index in [-0.39, 0.29) is 23.7 Å². The molecule has 0 N–H and O–H groups in total. The Hall–Kier alpha value is -2.94. The molecule has 0 fully saturated rings. The van der Waals surface area contributed by atoms with Gasteiger partial charge < -0.3 is 4.90 Å². The lowest BCUT2D eigenvalue weighted by atomic mass is 9.80. The average Bonchev–Trinajstić information content (AvgIpc) is 2.94. The van der Waals surface area contributed by atoms with Crippen LogP contribution in [-0.4, -0.2) is 5.91 Å². The fourth-order valence-electron chi connectivity index (χ4n) is 4.28. The Labute approximate surface area is 145 Å². The topological polar surface area (TPSA) is 20.3 Å². The van der Waals surface area contributed by atoms with Crippen molar-refractivity contribution in [2.24, 2.45) is 0 Å². The summed E-state index contributed by atoms with van der Waals surface area (Å²) in [6, 6.07) is 22.7. The number of benzene rings is 3. The summed E-state index contributed by atoms with van der Waals surface area (Å²) in [5, 5.41) is 0. The van der Waals surface area contributed by atoms with Crippen molar-refractivity contribution < 1.29 is 9.18 Å². The summed E-state index contributed by atoms with van der Waals surface area (Å²) in [7, 11) is 0. The van der Waals surface area contributed by atoms with Gasteiger partial charge in [-0.05, 0) is 47.4 Å². The van der Waals surface area contributed by atoms with Crippen molar-refractivity contribution in [1.29, 1.82) is 0 Å². The third-order valence-corrected chi connectivity index (χ3v) is 5.37. The van der Waals surface area contributed by atoms with Gasteiger partial charge in [0.15, 0.2) is 0 Å². The van der Waals surface area contributed by atoms with Gasteiger partial charge in [0.05, 0.1) is 6.04 Å². The lowest BCUT2D eigenvalue weighted by molar-refractivity contribution is 0.0988. The van der Waals surface area contributed by atoms with Crippen molar-refractivity contribution in [1.82, 2.24) is 0 Å². The van der Waals surface area contributed by atoms with E-state index in [9.17, 15) is 9.18 Å². The molecule has 2 heterocycles. The van der Waals surface area contributed by atoms with Gasteiger partial charge in [0.25, 0.3) is 5.91 Å². The number of anilines is 1. The zero-order valence-electron chi connectivity index (χ0n) is 13.5. The minimum atomic E-state index is -0.262. The molecular formula is C22H16FNO. The van der Waals surface area contributed by atoms with E-state index >= 15 is 0 Å². The molecule has 3 aromatic carbocycles. The normalized spacial score (nSPS) is 20.8. The molecule has 0 saturated carbocycles. The summed E-state index contributed by atoms with van der Waals surface area (Å²) in [6.07, 6.45) is 0.767. The van der Waals surface area contributed by atoms with Gasteiger partial charge >= 0.3 is 0 Å². The van der Waals surface area contributed by atoms with Crippen molar-refractivity contribution in [3.8, 4) is 0 Å². The molecule has 5 rings (SSSR count). The maximum Gasteiger partial charge on any atom is 0.259 e. The number of rotatable bonds is 1. The highest BCUT2D eigenvalue weighted by Gasteiger charge is 2.43. The molecule has 3 aromatic rings. The lowest BCUT2D eigenvalue weighted by Gasteiger charge is -2.37. The Bertz CT molecular complexity index is 982. The largest absolute Gasteiger partial charge is 0.301 e. The summed E-state index contributed by atoms with van der Waals surface area (Å²) in [4.78, 5) is 14.8. The highest BCUT2D eigenvalue weighted by atomic mass is 19.1. The summed E-state index contributed by atoms with van der Waals surface area (Å²) < 4.78 is 14.0. The molecule has 2 aliphatic heterocycles. The molecule has 122 valence electrons. The van der Waals surface area contributed by atoms with Gasteiger partial charge in [0.2, 0.25) is 0 Å². The zero-order valence-corrected chi connectivity index (χ0v) is 13.5. The molecule has 0 radical (unpaired) electrons.